The Labute approximate surface area is 120 Å². The number of aliphatic carboxylic acids is 1. The van der Waals surface area contributed by atoms with Crippen LogP contribution < -0.4 is 0 Å². The summed E-state index contributed by atoms with van der Waals surface area (Å²) in [5.74, 6) is -1.01. The third-order valence-corrected chi connectivity index (χ3v) is 5.43. The van der Waals surface area contributed by atoms with Crippen molar-refractivity contribution in [1.29, 1.82) is 0 Å². The molecular formula is C14H21NO4S. The van der Waals surface area contributed by atoms with Gasteiger partial charge in [-0.1, -0.05) is 19.1 Å². The first kappa shape index (κ1) is 16.7. The normalized spacial score (nSPS) is 13.4. The summed E-state index contributed by atoms with van der Waals surface area (Å²) in [6.45, 7) is 7.13. The number of benzene rings is 1. The van der Waals surface area contributed by atoms with Gasteiger partial charge in [0.1, 0.15) is 0 Å². The molecule has 1 aromatic rings. The van der Waals surface area contributed by atoms with Crippen molar-refractivity contribution in [3.8, 4) is 0 Å². The number of carbonyl (C=O) groups is 1. The molecule has 5 nitrogen and oxygen atoms in total. The Morgan fingerprint density at radius 1 is 1.35 bits per heavy atom. The summed E-state index contributed by atoms with van der Waals surface area (Å²) >= 11 is 0. The van der Waals surface area contributed by atoms with E-state index in [-0.39, 0.29) is 17.9 Å². The maximum atomic E-state index is 12.7. The van der Waals surface area contributed by atoms with Crippen LogP contribution in [0.15, 0.2) is 23.1 Å². The Balaban J connectivity index is 3.25. The molecule has 0 aromatic heterocycles. The number of aryl methyl sites for hydroxylation is 2. The third-order valence-electron chi connectivity index (χ3n) is 3.20. The van der Waals surface area contributed by atoms with E-state index >= 15 is 0 Å². The number of carboxylic acid groups (broad SMARTS) is 1. The zero-order valence-electron chi connectivity index (χ0n) is 12.3. The molecule has 0 fully saturated rings. The SMILES string of the molecule is CCN(C(C)CC(=O)O)S(=O)(=O)c1cc(C)ccc1C. The largest absolute Gasteiger partial charge is 0.481 e. The summed E-state index contributed by atoms with van der Waals surface area (Å²) in [7, 11) is -3.68. The van der Waals surface area contributed by atoms with E-state index in [1.54, 1.807) is 32.9 Å². The molecule has 0 heterocycles. The molecule has 0 aliphatic rings. The molecule has 0 aliphatic carbocycles. The molecule has 0 bridgehead atoms. The second-order valence-electron chi connectivity index (χ2n) is 4.92. The molecule has 20 heavy (non-hydrogen) atoms. The molecule has 112 valence electrons. The molecule has 1 rings (SSSR count). The van der Waals surface area contributed by atoms with Crippen molar-refractivity contribution in [3.63, 3.8) is 0 Å². The maximum Gasteiger partial charge on any atom is 0.304 e. The Morgan fingerprint density at radius 2 is 1.95 bits per heavy atom. The van der Waals surface area contributed by atoms with Gasteiger partial charge in [-0.3, -0.25) is 4.79 Å². The van der Waals surface area contributed by atoms with Gasteiger partial charge in [0.2, 0.25) is 10.0 Å². The minimum absolute atomic E-state index is 0.210. The molecular weight excluding hydrogens is 278 g/mol. The van der Waals surface area contributed by atoms with E-state index in [1.807, 2.05) is 13.0 Å². The van der Waals surface area contributed by atoms with E-state index in [9.17, 15) is 13.2 Å². The Bertz CT molecular complexity index is 595. The van der Waals surface area contributed by atoms with Gasteiger partial charge in [0.25, 0.3) is 0 Å². The van der Waals surface area contributed by atoms with Gasteiger partial charge in [-0.05, 0) is 38.0 Å². The van der Waals surface area contributed by atoms with Crippen molar-refractivity contribution < 1.29 is 18.3 Å². The number of sulfonamides is 1. The van der Waals surface area contributed by atoms with E-state index in [1.165, 1.54) is 4.31 Å². The first-order valence-electron chi connectivity index (χ1n) is 6.51. The van der Waals surface area contributed by atoms with Gasteiger partial charge in [0, 0.05) is 12.6 Å². The topological polar surface area (TPSA) is 74.7 Å². The fourth-order valence-corrected chi connectivity index (χ4v) is 4.14. The summed E-state index contributed by atoms with van der Waals surface area (Å²) in [5.41, 5.74) is 1.52. The zero-order valence-corrected chi connectivity index (χ0v) is 13.1. The number of carboxylic acids is 1. The van der Waals surface area contributed by atoms with Crippen molar-refractivity contribution in [2.24, 2.45) is 0 Å². The van der Waals surface area contributed by atoms with Crippen molar-refractivity contribution in [2.45, 2.75) is 45.1 Å². The summed E-state index contributed by atoms with van der Waals surface area (Å²) < 4.78 is 26.6. The van der Waals surface area contributed by atoms with Gasteiger partial charge >= 0.3 is 5.97 Å². The number of hydrogen-bond acceptors (Lipinski definition) is 3. The van der Waals surface area contributed by atoms with Gasteiger partial charge < -0.3 is 5.11 Å². The lowest BCUT2D eigenvalue weighted by molar-refractivity contribution is -0.137. The molecule has 0 spiro atoms. The van der Waals surface area contributed by atoms with Gasteiger partial charge in [0.05, 0.1) is 11.3 Å². The lowest BCUT2D eigenvalue weighted by Crippen LogP contribution is -2.39. The van der Waals surface area contributed by atoms with Crippen molar-refractivity contribution in [2.75, 3.05) is 6.54 Å². The first-order valence-corrected chi connectivity index (χ1v) is 7.95. The summed E-state index contributed by atoms with van der Waals surface area (Å²) in [5, 5.41) is 8.84. The van der Waals surface area contributed by atoms with Gasteiger partial charge in [-0.15, -0.1) is 0 Å². The zero-order chi connectivity index (χ0) is 15.5. The molecule has 0 aliphatic heterocycles. The van der Waals surface area contributed by atoms with E-state index in [4.69, 9.17) is 5.11 Å². The predicted octanol–water partition coefficient (Wildman–Crippen LogP) is 2.18. The molecule has 6 heteroatoms. The summed E-state index contributed by atoms with van der Waals surface area (Å²) in [6.07, 6.45) is -0.210. The minimum atomic E-state index is -3.68. The lowest BCUT2D eigenvalue weighted by atomic mass is 10.2. The fourth-order valence-electron chi connectivity index (χ4n) is 2.18. The molecule has 0 radical (unpaired) electrons. The van der Waals surface area contributed by atoms with E-state index < -0.39 is 22.0 Å². The second-order valence-corrected chi connectivity index (χ2v) is 6.78. The van der Waals surface area contributed by atoms with Crippen LogP contribution in [0.5, 0.6) is 0 Å². The third kappa shape index (κ3) is 3.58. The molecule has 1 atom stereocenters. The number of nitrogens with zero attached hydrogens (tertiary/aromatic N) is 1. The lowest BCUT2D eigenvalue weighted by Gasteiger charge is -2.27. The van der Waals surface area contributed by atoms with E-state index in [0.29, 0.717) is 5.56 Å². The van der Waals surface area contributed by atoms with Crippen LogP contribution in [0.2, 0.25) is 0 Å². The van der Waals surface area contributed by atoms with E-state index in [0.717, 1.165) is 5.56 Å². The molecule has 0 amide bonds. The van der Waals surface area contributed by atoms with Crippen LogP contribution >= 0.6 is 0 Å². The van der Waals surface area contributed by atoms with Gasteiger partial charge in [-0.25, -0.2) is 8.42 Å². The quantitative estimate of drug-likeness (QED) is 0.873. The highest BCUT2D eigenvalue weighted by Crippen LogP contribution is 2.23. The Morgan fingerprint density at radius 3 is 2.45 bits per heavy atom. The average molecular weight is 299 g/mol. The standard InChI is InChI=1S/C14H21NO4S/c1-5-15(12(4)9-14(16)17)20(18,19)13-8-10(2)6-7-11(13)3/h6-8,12H,5,9H2,1-4H3,(H,16,17). The fraction of sp³-hybridized carbons (Fsp3) is 0.500. The Kier molecular flexibility index (Phi) is 5.30. The molecule has 0 saturated heterocycles. The van der Waals surface area contributed by atoms with Crippen molar-refractivity contribution in [1.82, 2.24) is 4.31 Å². The van der Waals surface area contributed by atoms with Crippen molar-refractivity contribution in [3.05, 3.63) is 29.3 Å². The van der Waals surface area contributed by atoms with Crippen LogP contribution in [0.3, 0.4) is 0 Å². The second kappa shape index (κ2) is 6.37. The number of hydrogen-bond donors (Lipinski definition) is 1. The predicted molar refractivity (Wildman–Crippen MR) is 77.2 cm³/mol. The monoisotopic (exact) mass is 299 g/mol. The molecule has 1 N–H and O–H groups in total. The average Bonchev–Trinajstić information content (AvgIpc) is 2.31. The van der Waals surface area contributed by atoms with Crippen LogP contribution in [0.25, 0.3) is 0 Å². The molecule has 1 aromatic carbocycles. The first-order chi connectivity index (χ1) is 9.20. The minimum Gasteiger partial charge on any atom is -0.481 e. The molecule has 0 saturated carbocycles. The Hall–Kier alpha value is -1.40. The summed E-state index contributed by atoms with van der Waals surface area (Å²) in [4.78, 5) is 11.0. The van der Waals surface area contributed by atoms with Crippen LogP contribution in [-0.4, -0.2) is 36.4 Å². The van der Waals surface area contributed by atoms with Crippen LogP contribution in [-0.2, 0) is 14.8 Å². The highest BCUT2D eigenvalue weighted by Gasteiger charge is 2.30. The van der Waals surface area contributed by atoms with Gasteiger partial charge in [0.15, 0.2) is 0 Å². The van der Waals surface area contributed by atoms with Crippen LogP contribution in [0, 0.1) is 13.8 Å². The van der Waals surface area contributed by atoms with Crippen molar-refractivity contribution >= 4 is 16.0 Å². The smallest absolute Gasteiger partial charge is 0.304 e. The number of rotatable bonds is 6. The molecule has 1 unspecified atom stereocenters. The van der Waals surface area contributed by atoms with Crippen LogP contribution in [0.1, 0.15) is 31.4 Å². The van der Waals surface area contributed by atoms with E-state index in [2.05, 4.69) is 0 Å². The highest BCUT2D eigenvalue weighted by atomic mass is 32.2. The summed E-state index contributed by atoms with van der Waals surface area (Å²) in [6, 6.07) is 4.66. The van der Waals surface area contributed by atoms with Crippen LogP contribution in [0.4, 0.5) is 0 Å². The maximum absolute atomic E-state index is 12.7. The highest BCUT2D eigenvalue weighted by molar-refractivity contribution is 7.89. The van der Waals surface area contributed by atoms with Gasteiger partial charge in [-0.2, -0.15) is 4.31 Å².